The maximum Gasteiger partial charge on any atom is 0.171 e. The van der Waals surface area contributed by atoms with Gasteiger partial charge in [0.15, 0.2) is 11.6 Å². The number of allylic oxidation sites excluding steroid dienone is 2. The van der Waals surface area contributed by atoms with Crippen LogP contribution >= 0.6 is 0 Å². The molecule has 3 heteroatoms. The molecule has 1 heterocycles. The number of rotatable bonds is 0. The predicted molar refractivity (Wildman–Crippen MR) is 86.8 cm³/mol. The van der Waals surface area contributed by atoms with Crippen molar-refractivity contribution in [3.05, 3.63) is 11.1 Å². The van der Waals surface area contributed by atoms with E-state index in [0.29, 0.717) is 23.0 Å². The summed E-state index contributed by atoms with van der Waals surface area (Å²) >= 11 is 0. The van der Waals surface area contributed by atoms with E-state index >= 15 is 0 Å². The Labute approximate surface area is 138 Å². The summed E-state index contributed by atoms with van der Waals surface area (Å²) in [6.07, 6.45) is 8.89. The van der Waals surface area contributed by atoms with E-state index in [9.17, 15) is 4.79 Å². The second kappa shape index (κ2) is 4.49. The number of Topliss-reactive ketones (excluding diaryl/α,β-unsaturated/α-hetero) is 1. The first kappa shape index (κ1) is 14.7. The zero-order valence-electron chi connectivity index (χ0n) is 14.5. The molecule has 3 saturated carbocycles. The minimum atomic E-state index is -0.310. The van der Waals surface area contributed by atoms with Crippen LogP contribution < -0.4 is 0 Å². The summed E-state index contributed by atoms with van der Waals surface area (Å²) in [6, 6.07) is 0. The Bertz CT molecular complexity index is 600. The van der Waals surface area contributed by atoms with Crippen molar-refractivity contribution >= 4 is 5.78 Å². The molecule has 4 atom stereocenters. The van der Waals surface area contributed by atoms with Gasteiger partial charge in [-0.1, -0.05) is 12.5 Å². The molecule has 126 valence electrons. The standard InChI is InChI=1S/C20H28O3/c1-13-4-3-5-18(2)17(13)16(21)11-14-10-15-12-19(14,18)6-7-20(15)22-8-9-23-20/h14-15H,3-12H2,1-2H3/t14-,15-,18+,19-/m0/s1. The van der Waals surface area contributed by atoms with E-state index < -0.39 is 0 Å². The largest absolute Gasteiger partial charge is 0.347 e. The van der Waals surface area contributed by atoms with Crippen LogP contribution in [0.25, 0.3) is 0 Å². The second-order valence-electron chi connectivity index (χ2n) is 8.97. The summed E-state index contributed by atoms with van der Waals surface area (Å²) < 4.78 is 12.2. The third-order valence-electron chi connectivity index (χ3n) is 8.30. The number of fused-ring (bicyclic) bond motifs is 3. The number of hydrogen-bond acceptors (Lipinski definition) is 3. The van der Waals surface area contributed by atoms with E-state index in [0.717, 1.165) is 38.9 Å². The SMILES string of the molecule is CC1=C2C(=O)C[C@@H]3C[C@H]4C[C@]3(CCC43OCCO3)[C@]2(C)CCC1. The fourth-order valence-corrected chi connectivity index (χ4v) is 7.38. The van der Waals surface area contributed by atoms with Crippen LogP contribution in [0.15, 0.2) is 11.1 Å². The van der Waals surface area contributed by atoms with Crippen LogP contribution in [-0.2, 0) is 14.3 Å². The Morgan fingerprint density at radius 1 is 1.09 bits per heavy atom. The van der Waals surface area contributed by atoms with Crippen molar-refractivity contribution in [3.63, 3.8) is 0 Å². The molecule has 0 aromatic carbocycles. The normalized spacial score (nSPS) is 47.8. The van der Waals surface area contributed by atoms with Gasteiger partial charge >= 0.3 is 0 Å². The lowest BCUT2D eigenvalue weighted by atomic mass is 9.45. The maximum absolute atomic E-state index is 13.0. The molecule has 0 unspecified atom stereocenters. The van der Waals surface area contributed by atoms with E-state index in [1.165, 1.54) is 36.8 Å². The predicted octanol–water partition coefficient (Wildman–Crippen LogP) is 4.02. The number of hydrogen-bond donors (Lipinski definition) is 0. The highest BCUT2D eigenvalue weighted by Crippen LogP contribution is 2.73. The van der Waals surface area contributed by atoms with Crippen molar-refractivity contribution in [1.82, 2.24) is 0 Å². The fourth-order valence-electron chi connectivity index (χ4n) is 7.38. The van der Waals surface area contributed by atoms with Gasteiger partial charge in [-0.2, -0.15) is 0 Å². The Morgan fingerprint density at radius 2 is 1.87 bits per heavy atom. The number of carbonyl (C=O) groups excluding carboxylic acids is 1. The van der Waals surface area contributed by atoms with Crippen LogP contribution in [0.1, 0.15) is 65.2 Å². The first-order chi connectivity index (χ1) is 11.0. The molecule has 5 aliphatic rings. The van der Waals surface area contributed by atoms with Gasteiger partial charge in [0.2, 0.25) is 0 Å². The number of ether oxygens (including phenoxy) is 2. The Morgan fingerprint density at radius 3 is 2.65 bits per heavy atom. The number of carbonyl (C=O) groups is 1. The Kier molecular flexibility index (Phi) is 2.86. The van der Waals surface area contributed by atoms with Gasteiger partial charge in [-0.25, -0.2) is 0 Å². The van der Waals surface area contributed by atoms with Crippen molar-refractivity contribution in [2.45, 2.75) is 71.0 Å². The smallest absolute Gasteiger partial charge is 0.171 e. The van der Waals surface area contributed by atoms with Gasteiger partial charge < -0.3 is 9.47 Å². The maximum atomic E-state index is 13.0. The molecular formula is C20H28O3. The van der Waals surface area contributed by atoms with E-state index in [1.807, 2.05) is 0 Å². The van der Waals surface area contributed by atoms with Gasteiger partial charge in [0, 0.05) is 29.7 Å². The lowest BCUT2D eigenvalue weighted by Gasteiger charge is -2.58. The summed E-state index contributed by atoms with van der Waals surface area (Å²) in [7, 11) is 0. The molecule has 3 nitrogen and oxygen atoms in total. The van der Waals surface area contributed by atoms with Crippen LogP contribution in [0, 0.1) is 22.7 Å². The van der Waals surface area contributed by atoms with Crippen molar-refractivity contribution in [2.24, 2.45) is 22.7 Å². The van der Waals surface area contributed by atoms with Gasteiger partial charge in [-0.15, -0.1) is 0 Å². The molecule has 5 rings (SSSR count). The average Bonchev–Trinajstić information content (AvgIpc) is 3.08. The molecule has 1 aliphatic heterocycles. The van der Waals surface area contributed by atoms with Crippen molar-refractivity contribution in [2.75, 3.05) is 13.2 Å². The molecule has 2 bridgehead atoms. The van der Waals surface area contributed by atoms with Crippen LogP contribution in [0.4, 0.5) is 0 Å². The summed E-state index contributed by atoms with van der Waals surface area (Å²) in [6.45, 7) is 6.12. The van der Waals surface area contributed by atoms with Gasteiger partial charge in [0.05, 0.1) is 13.2 Å². The molecule has 0 N–H and O–H groups in total. The molecule has 0 aromatic heterocycles. The topological polar surface area (TPSA) is 35.5 Å². The van der Waals surface area contributed by atoms with Crippen LogP contribution in [-0.4, -0.2) is 24.8 Å². The van der Waals surface area contributed by atoms with Crippen molar-refractivity contribution in [3.8, 4) is 0 Å². The molecule has 2 spiro atoms. The third kappa shape index (κ3) is 1.61. The zero-order chi connectivity index (χ0) is 15.9. The molecule has 4 aliphatic carbocycles. The zero-order valence-corrected chi connectivity index (χ0v) is 14.5. The van der Waals surface area contributed by atoms with Crippen LogP contribution in [0.3, 0.4) is 0 Å². The highest BCUT2D eigenvalue weighted by molar-refractivity contribution is 5.99. The minimum absolute atomic E-state index is 0.101. The van der Waals surface area contributed by atoms with E-state index in [-0.39, 0.29) is 11.2 Å². The lowest BCUT2D eigenvalue weighted by Crippen LogP contribution is -2.54. The Balaban J connectivity index is 1.61. The molecule has 0 amide bonds. The average molecular weight is 316 g/mol. The van der Waals surface area contributed by atoms with Gasteiger partial charge in [0.1, 0.15) is 0 Å². The van der Waals surface area contributed by atoms with E-state index in [1.54, 1.807) is 0 Å². The quantitative estimate of drug-likeness (QED) is 0.677. The first-order valence-electron chi connectivity index (χ1n) is 9.52. The summed E-state index contributed by atoms with van der Waals surface area (Å²) in [5.74, 6) is 1.19. The highest BCUT2D eigenvalue weighted by Gasteiger charge is 2.69. The molecule has 23 heavy (non-hydrogen) atoms. The highest BCUT2D eigenvalue weighted by atomic mass is 16.7. The van der Waals surface area contributed by atoms with Gasteiger partial charge in [-0.05, 0) is 56.8 Å². The fraction of sp³-hybridized carbons (Fsp3) is 0.850. The second-order valence-corrected chi connectivity index (χ2v) is 8.97. The summed E-state index contributed by atoms with van der Waals surface area (Å²) in [4.78, 5) is 13.0. The van der Waals surface area contributed by atoms with Gasteiger partial charge in [0.25, 0.3) is 0 Å². The molecular weight excluding hydrogens is 288 g/mol. The van der Waals surface area contributed by atoms with Crippen molar-refractivity contribution < 1.29 is 14.3 Å². The number of ketones is 1. The first-order valence-corrected chi connectivity index (χ1v) is 9.52. The lowest BCUT2D eigenvalue weighted by molar-refractivity contribution is -0.221. The summed E-state index contributed by atoms with van der Waals surface area (Å²) in [5.41, 5.74) is 3.03. The minimum Gasteiger partial charge on any atom is -0.347 e. The van der Waals surface area contributed by atoms with Crippen LogP contribution in [0.2, 0.25) is 0 Å². The third-order valence-corrected chi connectivity index (χ3v) is 8.30. The van der Waals surface area contributed by atoms with Crippen molar-refractivity contribution in [1.29, 1.82) is 0 Å². The molecule has 4 fully saturated rings. The molecule has 0 aromatic rings. The van der Waals surface area contributed by atoms with E-state index in [4.69, 9.17) is 9.47 Å². The Hall–Kier alpha value is -0.670. The monoisotopic (exact) mass is 316 g/mol. The van der Waals surface area contributed by atoms with E-state index in [2.05, 4.69) is 13.8 Å². The molecule has 0 radical (unpaired) electrons. The van der Waals surface area contributed by atoms with Crippen LogP contribution in [0.5, 0.6) is 0 Å². The molecule has 1 saturated heterocycles. The van der Waals surface area contributed by atoms with Gasteiger partial charge in [-0.3, -0.25) is 4.79 Å². The summed E-state index contributed by atoms with van der Waals surface area (Å²) in [5, 5.41) is 0.